The largest absolute Gasteiger partial charge is 0.361 e. The highest BCUT2D eigenvalue weighted by Crippen LogP contribution is 2.18. The van der Waals surface area contributed by atoms with Crippen LogP contribution in [-0.4, -0.2) is 4.98 Å². The summed E-state index contributed by atoms with van der Waals surface area (Å²) in [4.78, 5) is 3.14. The van der Waals surface area contributed by atoms with Crippen molar-refractivity contribution in [3.8, 4) is 0 Å². The van der Waals surface area contributed by atoms with Crippen LogP contribution in [0.5, 0.6) is 0 Å². The summed E-state index contributed by atoms with van der Waals surface area (Å²) >= 11 is 0. The van der Waals surface area contributed by atoms with Gasteiger partial charge < -0.3 is 10.7 Å². The molecule has 0 spiro atoms. The van der Waals surface area contributed by atoms with E-state index in [1.807, 2.05) is 24.4 Å². The molecule has 0 unspecified atom stereocenters. The van der Waals surface area contributed by atoms with Crippen LogP contribution in [0.25, 0.3) is 10.9 Å². The molecule has 1 heterocycles. The number of aromatic nitrogens is 1. The molecule has 2 aromatic rings. The fourth-order valence-electron chi connectivity index (χ4n) is 1.42. The second kappa shape index (κ2) is 4.31. The molecule has 1 aromatic heterocycles. The van der Waals surface area contributed by atoms with E-state index >= 15 is 0 Å². The summed E-state index contributed by atoms with van der Waals surface area (Å²) in [5.41, 5.74) is 8.06. The van der Waals surface area contributed by atoms with Gasteiger partial charge in [0.25, 0.3) is 0 Å². The van der Waals surface area contributed by atoms with E-state index < -0.39 is 0 Å². The van der Waals surface area contributed by atoms with Gasteiger partial charge in [-0.1, -0.05) is 12.1 Å². The molecule has 0 aliphatic rings. The molecule has 74 valence electrons. The zero-order valence-electron chi connectivity index (χ0n) is 7.73. The van der Waals surface area contributed by atoms with Crippen LogP contribution in [0.15, 0.2) is 43.1 Å². The van der Waals surface area contributed by atoms with Crippen LogP contribution in [0.4, 0.5) is 0 Å². The fourth-order valence-corrected chi connectivity index (χ4v) is 1.42. The first-order valence-corrected chi connectivity index (χ1v) is 4.26. The van der Waals surface area contributed by atoms with Gasteiger partial charge in [-0.3, -0.25) is 0 Å². The van der Waals surface area contributed by atoms with E-state index in [1.54, 1.807) is 6.08 Å². The maximum Gasteiger partial charge on any atom is 0.0478 e. The van der Waals surface area contributed by atoms with Crippen molar-refractivity contribution in [2.75, 3.05) is 0 Å². The number of halogens is 1. The molecule has 0 fully saturated rings. The van der Waals surface area contributed by atoms with Crippen LogP contribution in [0.1, 0.15) is 11.6 Å². The van der Waals surface area contributed by atoms with Gasteiger partial charge in [0.2, 0.25) is 0 Å². The van der Waals surface area contributed by atoms with Gasteiger partial charge in [0, 0.05) is 17.8 Å². The molecule has 0 aliphatic heterocycles. The minimum absolute atomic E-state index is 0. The van der Waals surface area contributed by atoms with Gasteiger partial charge in [-0.2, -0.15) is 0 Å². The Hall–Kier alpha value is -1.25. The van der Waals surface area contributed by atoms with Crippen molar-refractivity contribution >= 4 is 23.3 Å². The molecule has 2 nitrogen and oxygen atoms in total. The lowest BCUT2D eigenvalue weighted by Gasteiger charge is -2.05. The number of rotatable bonds is 2. The highest BCUT2D eigenvalue weighted by Gasteiger charge is 2.01. The maximum atomic E-state index is 5.83. The van der Waals surface area contributed by atoms with Gasteiger partial charge in [-0.25, -0.2) is 0 Å². The summed E-state index contributed by atoms with van der Waals surface area (Å²) in [6.07, 6.45) is 3.67. The molecule has 0 amide bonds. The van der Waals surface area contributed by atoms with Crippen LogP contribution in [0, 0.1) is 0 Å². The summed E-state index contributed by atoms with van der Waals surface area (Å²) in [7, 11) is 0. The van der Waals surface area contributed by atoms with Gasteiger partial charge in [0.1, 0.15) is 0 Å². The third kappa shape index (κ3) is 1.81. The summed E-state index contributed by atoms with van der Waals surface area (Å²) in [5.74, 6) is 0. The number of nitrogens with one attached hydrogen (secondary N) is 1. The molecule has 0 aliphatic carbocycles. The number of benzene rings is 1. The molecule has 3 N–H and O–H groups in total. The predicted molar refractivity (Wildman–Crippen MR) is 62.7 cm³/mol. The van der Waals surface area contributed by atoms with E-state index in [0.717, 1.165) is 11.1 Å². The Bertz CT molecular complexity index is 434. The van der Waals surface area contributed by atoms with E-state index in [1.165, 1.54) is 5.39 Å². The van der Waals surface area contributed by atoms with Crippen LogP contribution < -0.4 is 5.73 Å². The Kier molecular flexibility index (Phi) is 3.33. The normalized spacial score (nSPS) is 12.1. The van der Waals surface area contributed by atoms with E-state index in [-0.39, 0.29) is 18.4 Å². The number of hydrogen-bond acceptors (Lipinski definition) is 1. The van der Waals surface area contributed by atoms with Crippen molar-refractivity contribution in [2.45, 2.75) is 6.04 Å². The molecular formula is C11H13ClN2. The van der Waals surface area contributed by atoms with Crippen molar-refractivity contribution < 1.29 is 0 Å². The van der Waals surface area contributed by atoms with Crippen LogP contribution in [0.2, 0.25) is 0 Å². The molecule has 2 rings (SSSR count). The lowest BCUT2D eigenvalue weighted by molar-refractivity contribution is 0.917. The quantitative estimate of drug-likeness (QED) is 0.733. The average Bonchev–Trinajstić information content (AvgIpc) is 2.63. The minimum Gasteiger partial charge on any atom is -0.361 e. The first kappa shape index (κ1) is 10.8. The van der Waals surface area contributed by atoms with Crippen molar-refractivity contribution in [1.82, 2.24) is 4.98 Å². The number of nitrogens with two attached hydrogens (primary N) is 1. The molecule has 3 heteroatoms. The van der Waals surface area contributed by atoms with Crippen molar-refractivity contribution in [3.63, 3.8) is 0 Å². The van der Waals surface area contributed by atoms with E-state index in [4.69, 9.17) is 5.73 Å². The zero-order valence-corrected chi connectivity index (χ0v) is 8.55. The monoisotopic (exact) mass is 208 g/mol. The Morgan fingerprint density at radius 2 is 2.14 bits per heavy atom. The second-order valence-corrected chi connectivity index (χ2v) is 3.09. The summed E-state index contributed by atoms with van der Waals surface area (Å²) in [6.45, 7) is 3.67. The molecule has 0 radical (unpaired) electrons. The smallest absolute Gasteiger partial charge is 0.0478 e. The lowest BCUT2D eigenvalue weighted by Crippen LogP contribution is -2.05. The van der Waals surface area contributed by atoms with E-state index in [2.05, 4.69) is 17.6 Å². The summed E-state index contributed by atoms with van der Waals surface area (Å²) < 4.78 is 0. The van der Waals surface area contributed by atoms with Crippen LogP contribution in [-0.2, 0) is 0 Å². The third-order valence-electron chi connectivity index (χ3n) is 2.22. The molecule has 1 atom stereocenters. The first-order chi connectivity index (χ1) is 6.31. The predicted octanol–water partition coefficient (Wildman–Crippen LogP) is 2.78. The number of hydrogen-bond donors (Lipinski definition) is 2. The van der Waals surface area contributed by atoms with Gasteiger partial charge in [-0.05, 0) is 29.1 Å². The topological polar surface area (TPSA) is 41.8 Å². The van der Waals surface area contributed by atoms with Crippen LogP contribution >= 0.6 is 12.4 Å². The average molecular weight is 209 g/mol. The SMILES string of the molecule is C=C[C@@H](N)c1ccc2[nH]ccc2c1.Cl. The Labute approximate surface area is 89.2 Å². The van der Waals surface area contributed by atoms with Gasteiger partial charge in [0.05, 0.1) is 0 Å². The van der Waals surface area contributed by atoms with Crippen molar-refractivity contribution in [2.24, 2.45) is 5.73 Å². The third-order valence-corrected chi connectivity index (χ3v) is 2.22. The molecule has 0 saturated carbocycles. The molecular weight excluding hydrogens is 196 g/mol. The minimum atomic E-state index is -0.0701. The Morgan fingerprint density at radius 1 is 1.36 bits per heavy atom. The molecule has 0 saturated heterocycles. The second-order valence-electron chi connectivity index (χ2n) is 3.09. The molecule has 1 aromatic carbocycles. The first-order valence-electron chi connectivity index (χ1n) is 4.26. The van der Waals surface area contributed by atoms with Crippen LogP contribution in [0.3, 0.4) is 0 Å². The molecule has 0 bridgehead atoms. The highest BCUT2D eigenvalue weighted by atomic mass is 35.5. The van der Waals surface area contributed by atoms with Gasteiger partial charge >= 0.3 is 0 Å². The standard InChI is InChI=1S/C11H12N2.ClH/c1-2-10(12)8-3-4-11-9(7-8)5-6-13-11;/h2-7,10,13H,1,12H2;1H/t10-;/m1./s1. The summed E-state index contributed by atoms with van der Waals surface area (Å²) in [5, 5.41) is 1.19. The highest BCUT2D eigenvalue weighted by molar-refractivity contribution is 5.85. The lowest BCUT2D eigenvalue weighted by atomic mass is 10.1. The van der Waals surface area contributed by atoms with Gasteiger partial charge in [-0.15, -0.1) is 19.0 Å². The maximum absolute atomic E-state index is 5.83. The van der Waals surface area contributed by atoms with E-state index in [0.29, 0.717) is 0 Å². The Morgan fingerprint density at radius 3 is 2.86 bits per heavy atom. The summed E-state index contributed by atoms with van der Waals surface area (Å²) in [6, 6.07) is 8.10. The molecule has 14 heavy (non-hydrogen) atoms. The van der Waals surface area contributed by atoms with Crippen molar-refractivity contribution in [1.29, 1.82) is 0 Å². The number of aromatic amines is 1. The Balaban J connectivity index is 0.000000980. The fraction of sp³-hybridized carbons (Fsp3) is 0.0909. The van der Waals surface area contributed by atoms with E-state index in [9.17, 15) is 0 Å². The number of H-pyrrole nitrogens is 1. The number of fused-ring (bicyclic) bond motifs is 1. The van der Waals surface area contributed by atoms with Crippen molar-refractivity contribution in [3.05, 3.63) is 48.7 Å². The zero-order chi connectivity index (χ0) is 9.26. The van der Waals surface area contributed by atoms with Gasteiger partial charge in [0.15, 0.2) is 0 Å².